The van der Waals surface area contributed by atoms with Gasteiger partial charge in [-0.15, -0.1) is 0 Å². The van der Waals surface area contributed by atoms with Crippen molar-refractivity contribution in [2.24, 2.45) is 0 Å². The first-order valence-electron chi connectivity index (χ1n) is 8.07. The molecular formula is C18H29NO. The molecule has 1 fully saturated rings. The third-order valence-corrected chi connectivity index (χ3v) is 4.33. The molecule has 2 rings (SSSR count). The highest BCUT2D eigenvalue weighted by molar-refractivity contribution is 5.46. The SMILES string of the molecule is CC(C)c1cc(CN2CCCCC2)cc(C(C)C)c1O. The van der Waals surface area contributed by atoms with Crippen molar-refractivity contribution in [2.75, 3.05) is 13.1 Å². The summed E-state index contributed by atoms with van der Waals surface area (Å²) in [6.07, 6.45) is 4.03. The molecule has 0 unspecified atom stereocenters. The van der Waals surface area contributed by atoms with Gasteiger partial charge >= 0.3 is 0 Å². The lowest BCUT2D eigenvalue weighted by Crippen LogP contribution is -2.29. The van der Waals surface area contributed by atoms with Crippen LogP contribution in [0.1, 0.15) is 75.5 Å². The maximum atomic E-state index is 10.4. The van der Waals surface area contributed by atoms with E-state index in [1.165, 1.54) is 37.9 Å². The number of aromatic hydroxyl groups is 1. The molecule has 1 aliphatic heterocycles. The summed E-state index contributed by atoms with van der Waals surface area (Å²) < 4.78 is 0. The van der Waals surface area contributed by atoms with E-state index in [1.807, 2.05) is 0 Å². The second-order valence-corrected chi connectivity index (χ2v) is 6.77. The first kappa shape index (κ1) is 15.4. The quantitative estimate of drug-likeness (QED) is 0.866. The van der Waals surface area contributed by atoms with Crippen LogP contribution in [0.2, 0.25) is 0 Å². The van der Waals surface area contributed by atoms with Gasteiger partial charge in [-0.1, -0.05) is 46.2 Å². The summed E-state index contributed by atoms with van der Waals surface area (Å²) >= 11 is 0. The number of nitrogens with zero attached hydrogens (tertiary/aromatic N) is 1. The Balaban J connectivity index is 2.27. The number of likely N-dealkylation sites (tertiary alicyclic amines) is 1. The van der Waals surface area contributed by atoms with E-state index in [9.17, 15) is 5.11 Å². The molecule has 0 aliphatic carbocycles. The molecular weight excluding hydrogens is 246 g/mol. The van der Waals surface area contributed by atoms with E-state index < -0.39 is 0 Å². The van der Waals surface area contributed by atoms with Gasteiger partial charge in [0.2, 0.25) is 0 Å². The number of phenolic OH excluding ortho intramolecular Hbond substituents is 1. The van der Waals surface area contributed by atoms with Crippen molar-refractivity contribution in [1.82, 2.24) is 4.90 Å². The molecule has 112 valence electrons. The topological polar surface area (TPSA) is 23.5 Å². The van der Waals surface area contributed by atoms with E-state index in [2.05, 4.69) is 44.7 Å². The van der Waals surface area contributed by atoms with Crippen LogP contribution in [0.4, 0.5) is 0 Å². The first-order chi connectivity index (χ1) is 9.49. The van der Waals surface area contributed by atoms with E-state index in [0.29, 0.717) is 17.6 Å². The lowest BCUT2D eigenvalue weighted by atomic mass is 9.91. The Kier molecular flexibility index (Phi) is 5.09. The van der Waals surface area contributed by atoms with E-state index in [0.717, 1.165) is 17.7 Å². The van der Waals surface area contributed by atoms with E-state index in [-0.39, 0.29) is 0 Å². The number of piperidine rings is 1. The van der Waals surface area contributed by atoms with Crippen LogP contribution in [0.25, 0.3) is 0 Å². The van der Waals surface area contributed by atoms with Crippen LogP contribution in [-0.4, -0.2) is 23.1 Å². The maximum absolute atomic E-state index is 10.4. The number of hydrogen-bond acceptors (Lipinski definition) is 2. The molecule has 0 amide bonds. The van der Waals surface area contributed by atoms with Crippen molar-refractivity contribution in [3.8, 4) is 5.75 Å². The Bertz CT molecular complexity index is 416. The lowest BCUT2D eigenvalue weighted by Gasteiger charge is -2.27. The van der Waals surface area contributed by atoms with Crippen molar-refractivity contribution in [3.63, 3.8) is 0 Å². The summed E-state index contributed by atoms with van der Waals surface area (Å²) in [5.41, 5.74) is 3.56. The molecule has 0 atom stereocenters. The first-order valence-corrected chi connectivity index (χ1v) is 8.07. The molecule has 0 spiro atoms. The molecule has 0 saturated carbocycles. The molecule has 0 radical (unpaired) electrons. The van der Waals surface area contributed by atoms with Gasteiger partial charge in [-0.3, -0.25) is 4.90 Å². The fourth-order valence-corrected chi connectivity index (χ4v) is 3.09. The molecule has 1 aromatic carbocycles. The molecule has 1 saturated heterocycles. The van der Waals surface area contributed by atoms with Crippen LogP contribution in [0, 0.1) is 0 Å². The number of phenols is 1. The minimum Gasteiger partial charge on any atom is -0.507 e. The Morgan fingerprint density at radius 2 is 1.45 bits per heavy atom. The normalized spacial score (nSPS) is 17.1. The number of benzene rings is 1. The summed E-state index contributed by atoms with van der Waals surface area (Å²) in [5, 5.41) is 10.4. The zero-order chi connectivity index (χ0) is 14.7. The van der Waals surface area contributed by atoms with Crippen molar-refractivity contribution >= 4 is 0 Å². The van der Waals surface area contributed by atoms with Crippen LogP contribution >= 0.6 is 0 Å². The van der Waals surface area contributed by atoms with Gasteiger partial charge in [0.05, 0.1) is 0 Å². The van der Waals surface area contributed by atoms with Crippen LogP contribution in [0.3, 0.4) is 0 Å². The van der Waals surface area contributed by atoms with Gasteiger partial charge in [0, 0.05) is 6.54 Å². The minimum absolute atomic E-state index is 0.369. The molecule has 0 aromatic heterocycles. The number of rotatable bonds is 4. The molecule has 1 aliphatic rings. The van der Waals surface area contributed by atoms with Gasteiger partial charge in [0.25, 0.3) is 0 Å². The fraction of sp³-hybridized carbons (Fsp3) is 0.667. The molecule has 2 nitrogen and oxygen atoms in total. The monoisotopic (exact) mass is 275 g/mol. The Labute approximate surface area is 123 Å². The van der Waals surface area contributed by atoms with Crippen molar-refractivity contribution in [1.29, 1.82) is 0 Å². The smallest absolute Gasteiger partial charge is 0.122 e. The van der Waals surface area contributed by atoms with E-state index in [4.69, 9.17) is 0 Å². The van der Waals surface area contributed by atoms with Gasteiger partial charge < -0.3 is 5.11 Å². The van der Waals surface area contributed by atoms with E-state index >= 15 is 0 Å². The lowest BCUT2D eigenvalue weighted by molar-refractivity contribution is 0.220. The van der Waals surface area contributed by atoms with Gasteiger partial charge in [-0.05, 0) is 54.5 Å². The van der Waals surface area contributed by atoms with Crippen LogP contribution in [-0.2, 0) is 6.54 Å². The largest absolute Gasteiger partial charge is 0.507 e. The second kappa shape index (κ2) is 6.62. The Morgan fingerprint density at radius 1 is 0.950 bits per heavy atom. The highest BCUT2D eigenvalue weighted by Gasteiger charge is 2.17. The molecule has 1 heterocycles. The van der Waals surface area contributed by atoms with Crippen molar-refractivity contribution in [2.45, 2.75) is 65.3 Å². The van der Waals surface area contributed by atoms with Gasteiger partial charge in [-0.2, -0.15) is 0 Å². The molecule has 20 heavy (non-hydrogen) atoms. The highest BCUT2D eigenvalue weighted by atomic mass is 16.3. The predicted octanol–water partition coefficient (Wildman–Crippen LogP) is 4.62. The predicted molar refractivity (Wildman–Crippen MR) is 85.4 cm³/mol. The molecule has 1 aromatic rings. The third kappa shape index (κ3) is 3.54. The summed E-state index contributed by atoms with van der Waals surface area (Å²) in [7, 11) is 0. The molecule has 2 heteroatoms. The minimum atomic E-state index is 0.369. The average molecular weight is 275 g/mol. The van der Waals surface area contributed by atoms with Gasteiger partial charge in [0.1, 0.15) is 5.75 Å². The third-order valence-electron chi connectivity index (χ3n) is 4.33. The Hall–Kier alpha value is -1.02. The summed E-state index contributed by atoms with van der Waals surface area (Å²) in [6.45, 7) is 12.1. The van der Waals surface area contributed by atoms with E-state index in [1.54, 1.807) is 0 Å². The summed E-state index contributed by atoms with van der Waals surface area (Å²) in [4.78, 5) is 2.55. The highest BCUT2D eigenvalue weighted by Crippen LogP contribution is 2.35. The van der Waals surface area contributed by atoms with Gasteiger partial charge in [-0.25, -0.2) is 0 Å². The van der Waals surface area contributed by atoms with Crippen molar-refractivity contribution in [3.05, 3.63) is 28.8 Å². The molecule has 0 bridgehead atoms. The van der Waals surface area contributed by atoms with Gasteiger partial charge in [0.15, 0.2) is 0 Å². The van der Waals surface area contributed by atoms with Crippen LogP contribution < -0.4 is 0 Å². The zero-order valence-electron chi connectivity index (χ0n) is 13.4. The fourth-order valence-electron chi connectivity index (χ4n) is 3.09. The van der Waals surface area contributed by atoms with Crippen LogP contribution in [0.15, 0.2) is 12.1 Å². The standard InChI is InChI=1S/C18H29NO/c1-13(2)16-10-15(11-17(14(3)4)18(16)20)12-19-8-6-5-7-9-19/h10-11,13-14,20H,5-9,12H2,1-4H3. The second-order valence-electron chi connectivity index (χ2n) is 6.77. The number of hydrogen-bond donors (Lipinski definition) is 1. The summed E-state index contributed by atoms with van der Waals surface area (Å²) in [6, 6.07) is 4.42. The molecule has 1 N–H and O–H groups in total. The Morgan fingerprint density at radius 3 is 1.90 bits per heavy atom. The maximum Gasteiger partial charge on any atom is 0.122 e. The van der Waals surface area contributed by atoms with Crippen molar-refractivity contribution < 1.29 is 5.11 Å². The zero-order valence-corrected chi connectivity index (χ0v) is 13.4. The van der Waals surface area contributed by atoms with Crippen LogP contribution in [0.5, 0.6) is 5.75 Å². The summed E-state index contributed by atoms with van der Waals surface area (Å²) in [5.74, 6) is 1.25. The average Bonchev–Trinajstić information content (AvgIpc) is 2.41.